The Morgan fingerprint density at radius 1 is 0.571 bits per heavy atom. The van der Waals surface area contributed by atoms with E-state index in [1.165, 1.54) is 0 Å². The van der Waals surface area contributed by atoms with Gasteiger partial charge in [-0.05, 0) is 23.8 Å². The number of ether oxygens (including phenoxy) is 12. The quantitative estimate of drug-likeness (QED) is 0.110. The van der Waals surface area contributed by atoms with E-state index in [1.54, 1.807) is 0 Å². The minimum absolute atomic E-state index is 0.216. The number of aliphatic hydroxyl groups excluding tert-OH is 2. The number of aliphatic hydroxyl groups is 2. The van der Waals surface area contributed by atoms with Gasteiger partial charge in [0.25, 0.3) is 0 Å². The first-order valence-corrected chi connectivity index (χ1v) is 18.8. The van der Waals surface area contributed by atoms with Crippen molar-refractivity contribution in [1.29, 1.82) is 0 Å². The molecule has 24 heteroatoms. The number of carbonyl (C=O) groups is 8. The highest BCUT2D eigenvalue weighted by Gasteiger charge is 2.58. The van der Waals surface area contributed by atoms with Gasteiger partial charge in [0.2, 0.25) is 18.1 Å². The van der Waals surface area contributed by atoms with Gasteiger partial charge in [-0.25, -0.2) is 4.79 Å². The van der Waals surface area contributed by atoms with Crippen molar-refractivity contribution >= 4 is 53.8 Å². The SMILES string of the molecule is COC(=O)C1=Cc2cc(O[C@@H]3O[C@H](COC(C)=O)[C@@H](O[C@@H]4O[C@H](COC(C)=O)[C@H](OC(C)=O)[C@H](OC(C)=O)[C@H]4OC(C)=O)[C@H](OC(C)=O)[C@H]3OC(C)=O)c(O)c(O)c2C(O)C(O)=C1. The van der Waals surface area contributed by atoms with E-state index in [0.717, 1.165) is 73.8 Å². The van der Waals surface area contributed by atoms with E-state index >= 15 is 0 Å². The van der Waals surface area contributed by atoms with Gasteiger partial charge in [-0.15, -0.1) is 0 Å². The summed E-state index contributed by atoms with van der Waals surface area (Å²) in [6, 6.07) is 0.985. The van der Waals surface area contributed by atoms with Crippen molar-refractivity contribution in [1.82, 2.24) is 0 Å². The van der Waals surface area contributed by atoms with E-state index in [-0.39, 0.29) is 11.1 Å². The Labute approximate surface area is 357 Å². The molecule has 0 radical (unpaired) electrons. The zero-order chi connectivity index (χ0) is 47.0. The van der Waals surface area contributed by atoms with Crippen molar-refractivity contribution in [3.8, 4) is 17.2 Å². The van der Waals surface area contributed by atoms with Gasteiger partial charge in [0.15, 0.2) is 42.2 Å². The molecule has 0 saturated carbocycles. The van der Waals surface area contributed by atoms with Crippen molar-refractivity contribution in [3.05, 3.63) is 34.6 Å². The Morgan fingerprint density at radius 3 is 1.51 bits per heavy atom. The summed E-state index contributed by atoms with van der Waals surface area (Å²) in [7, 11) is 1.04. The normalized spacial score (nSPS) is 27.6. The number of rotatable bonds is 14. The Hall–Kier alpha value is -6.50. The van der Waals surface area contributed by atoms with E-state index in [9.17, 15) is 58.8 Å². The number of phenols is 2. The fourth-order valence-electron chi connectivity index (χ4n) is 6.69. The van der Waals surface area contributed by atoms with Crippen LogP contribution in [0.15, 0.2) is 23.5 Å². The zero-order valence-electron chi connectivity index (χ0n) is 35.0. The predicted octanol–water partition coefficient (Wildman–Crippen LogP) is 0.142. The average molecular weight is 899 g/mol. The largest absolute Gasteiger partial charge is 0.509 e. The molecule has 24 nitrogen and oxygen atoms in total. The van der Waals surface area contributed by atoms with Crippen molar-refractivity contribution in [2.75, 3.05) is 20.3 Å². The summed E-state index contributed by atoms with van der Waals surface area (Å²) in [6.07, 6.45) is -18.1. The standard InChI is InChI=1S/C39H46O24/c1-14(40)53-12-25-31(55-16(3)42)33(56-17(4)43)36(59-20(7)46)39(62-25)63-32-26(13-54-15(2)41)61-38(35(58-19(6)45)34(32)57-18(5)44)60-24-11-21-9-22(37(51)52-8)10-23(47)28(48)27(21)30(50)29(24)49/h9-11,25-26,28,31-36,38-39,47-50H,12-13H2,1-8H3/t25-,26-,28?,31+,32-,33+,34+,35-,36-,38-,39+/m1/s1. The van der Waals surface area contributed by atoms with E-state index < -0.39 is 157 Å². The third kappa shape index (κ3) is 12.3. The molecular formula is C39H46O24. The minimum atomic E-state index is -2.01. The molecular weight excluding hydrogens is 852 g/mol. The molecule has 11 atom stereocenters. The number of aromatic hydroxyl groups is 2. The van der Waals surface area contributed by atoms with Crippen molar-refractivity contribution in [3.63, 3.8) is 0 Å². The molecule has 0 aromatic heterocycles. The topological polar surface area (TPSA) is 328 Å². The first-order valence-electron chi connectivity index (χ1n) is 18.8. The van der Waals surface area contributed by atoms with Gasteiger partial charge in [-0.2, -0.15) is 0 Å². The molecule has 0 spiro atoms. The zero-order valence-corrected chi connectivity index (χ0v) is 35.0. The van der Waals surface area contributed by atoms with Crippen LogP contribution in [0.4, 0.5) is 0 Å². The van der Waals surface area contributed by atoms with E-state index in [2.05, 4.69) is 0 Å². The minimum Gasteiger partial charge on any atom is -0.509 e. The maximum atomic E-state index is 12.8. The Bertz CT molecular complexity index is 2020. The number of hydrogen-bond acceptors (Lipinski definition) is 24. The van der Waals surface area contributed by atoms with Gasteiger partial charge >= 0.3 is 47.8 Å². The molecule has 0 bridgehead atoms. The second-order valence-corrected chi connectivity index (χ2v) is 13.9. The number of methoxy groups -OCH3 is 1. The maximum absolute atomic E-state index is 12.8. The Morgan fingerprint density at radius 2 is 1.02 bits per heavy atom. The fourth-order valence-corrected chi connectivity index (χ4v) is 6.69. The van der Waals surface area contributed by atoms with Crippen molar-refractivity contribution in [2.24, 2.45) is 0 Å². The maximum Gasteiger partial charge on any atom is 0.337 e. The summed E-state index contributed by atoms with van der Waals surface area (Å²) in [6.45, 7) is 5.44. The van der Waals surface area contributed by atoms with Crippen LogP contribution in [0, 0.1) is 0 Å². The van der Waals surface area contributed by atoms with Gasteiger partial charge in [0.1, 0.15) is 43.4 Å². The second kappa shape index (κ2) is 21.0. The van der Waals surface area contributed by atoms with Crippen LogP contribution in [-0.4, -0.2) is 150 Å². The molecule has 2 heterocycles. The van der Waals surface area contributed by atoms with Crippen LogP contribution in [0.3, 0.4) is 0 Å². The van der Waals surface area contributed by atoms with Crippen LogP contribution >= 0.6 is 0 Å². The number of fused-ring (bicyclic) bond motifs is 1. The van der Waals surface area contributed by atoms with Gasteiger partial charge in [0.05, 0.1) is 12.7 Å². The third-order valence-electron chi connectivity index (χ3n) is 9.03. The summed E-state index contributed by atoms with van der Waals surface area (Å²) >= 11 is 0. The number of benzene rings is 1. The predicted molar refractivity (Wildman–Crippen MR) is 199 cm³/mol. The number of esters is 8. The van der Waals surface area contributed by atoms with Crippen LogP contribution in [0.2, 0.25) is 0 Å². The summed E-state index contributed by atoms with van der Waals surface area (Å²) in [4.78, 5) is 99.3. The van der Waals surface area contributed by atoms with Gasteiger partial charge in [-0.3, -0.25) is 33.6 Å². The fraction of sp³-hybridized carbons (Fsp3) is 0.538. The van der Waals surface area contributed by atoms with E-state index in [0.29, 0.717) is 0 Å². The number of phenolic OH excluding ortho intramolecular Hbond substituents is 2. The van der Waals surface area contributed by atoms with Crippen molar-refractivity contribution < 1.29 is 116 Å². The van der Waals surface area contributed by atoms with Crippen LogP contribution in [-0.2, 0) is 90.5 Å². The Kier molecular flexibility index (Phi) is 16.4. The molecule has 346 valence electrons. The average Bonchev–Trinajstić information content (AvgIpc) is 3.30. The lowest BCUT2D eigenvalue weighted by molar-refractivity contribution is -0.354. The molecule has 1 unspecified atom stereocenters. The lowest BCUT2D eigenvalue weighted by Crippen LogP contribution is -2.67. The third-order valence-corrected chi connectivity index (χ3v) is 9.03. The lowest BCUT2D eigenvalue weighted by atomic mass is 9.95. The summed E-state index contributed by atoms with van der Waals surface area (Å²) in [5.74, 6) is -11.4. The number of carbonyl (C=O) groups excluding carboxylic acids is 8. The molecule has 2 saturated heterocycles. The smallest absolute Gasteiger partial charge is 0.337 e. The van der Waals surface area contributed by atoms with Crippen LogP contribution in [0.25, 0.3) is 6.08 Å². The molecule has 4 N–H and O–H groups in total. The van der Waals surface area contributed by atoms with E-state index in [1.807, 2.05) is 0 Å². The van der Waals surface area contributed by atoms with Crippen molar-refractivity contribution in [2.45, 2.75) is 116 Å². The molecule has 1 aliphatic carbocycles. The molecule has 2 aliphatic heterocycles. The lowest BCUT2D eigenvalue weighted by Gasteiger charge is -2.48. The Balaban J connectivity index is 1.89. The van der Waals surface area contributed by atoms with E-state index in [4.69, 9.17) is 56.8 Å². The molecule has 2 fully saturated rings. The molecule has 0 amide bonds. The first kappa shape index (κ1) is 49.2. The highest BCUT2D eigenvalue weighted by atomic mass is 16.8. The van der Waals surface area contributed by atoms with Crippen LogP contribution < -0.4 is 4.74 Å². The van der Waals surface area contributed by atoms with Gasteiger partial charge in [-0.1, -0.05) is 0 Å². The molecule has 1 aromatic rings. The molecule has 3 aliphatic rings. The van der Waals surface area contributed by atoms with Crippen LogP contribution in [0.1, 0.15) is 65.7 Å². The highest BCUT2D eigenvalue weighted by molar-refractivity contribution is 5.98. The van der Waals surface area contributed by atoms with Crippen LogP contribution in [0.5, 0.6) is 17.2 Å². The summed E-state index contributed by atoms with van der Waals surface area (Å²) < 4.78 is 67.0. The number of hydrogen-bond donors (Lipinski definition) is 4. The molecule has 4 rings (SSSR count). The monoisotopic (exact) mass is 898 g/mol. The molecule has 63 heavy (non-hydrogen) atoms. The van der Waals surface area contributed by atoms with Gasteiger partial charge < -0.3 is 77.3 Å². The second-order valence-electron chi connectivity index (χ2n) is 13.9. The highest BCUT2D eigenvalue weighted by Crippen LogP contribution is 2.47. The molecule has 1 aromatic carbocycles. The summed E-state index contributed by atoms with van der Waals surface area (Å²) in [5.41, 5.74) is -1.03. The van der Waals surface area contributed by atoms with Gasteiger partial charge in [0, 0.05) is 54.0 Å². The summed E-state index contributed by atoms with van der Waals surface area (Å²) in [5, 5.41) is 43.5. The first-order chi connectivity index (χ1) is 29.5.